The topological polar surface area (TPSA) is 90.2 Å². The molecule has 1 aliphatic rings. The Kier molecular flexibility index (Phi) is 6.87. The average Bonchev–Trinajstić information content (AvgIpc) is 3.07. The third-order valence-electron chi connectivity index (χ3n) is 5.24. The monoisotopic (exact) mass is 450 g/mol. The molecule has 2 N–H and O–H groups in total. The molecular formula is C22H27ClN2O4S. The summed E-state index contributed by atoms with van der Waals surface area (Å²) in [6.45, 7) is 2.17. The van der Waals surface area contributed by atoms with Gasteiger partial charge in [-0.1, -0.05) is 37.8 Å². The van der Waals surface area contributed by atoms with Gasteiger partial charge >= 0.3 is 0 Å². The number of rotatable bonds is 8. The van der Waals surface area contributed by atoms with Gasteiger partial charge in [0, 0.05) is 22.5 Å². The lowest BCUT2D eigenvalue weighted by Gasteiger charge is -2.28. The lowest BCUT2D eigenvalue weighted by Crippen LogP contribution is -2.45. The number of unbranched alkanes of at least 4 members (excludes halogenated alkanes) is 2. The Labute approximate surface area is 182 Å². The largest absolute Gasteiger partial charge is 0.388 e. The molecule has 8 heteroatoms. The van der Waals surface area contributed by atoms with E-state index in [0.29, 0.717) is 22.8 Å². The molecule has 0 saturated carbocycles. The fraction of sp³-hybridized carbons (Fsp3) is 0.409. The van der Waals surface area contributed by atoms with E-state index in [1.807, 2.05) is 17.0 Å². The zero-order valence-electron chi connectivity index (χ0n) is 17.1. The van der Waals surface area contributed by atoms with Crippen LogP contribution in [0.1, 0.15) is 38.2 Å². The smallest absolute Gasteiger partial charge is 0.202 e. The Bertz CT molecular complexity index is 1010. The van der Waals surface area contributed by atoms with E-state index in [0.717, 1.165) is 31.2 Å². The van der Waals surface area contributed by atoms with Gasteiger partial charge in [-0.25, -0.2) is 13.4 Å². The molecule has 0 radical (unpaired) electrons. The predicted octanol–water partition coefficient (Wildman–Crippen LogP) is 3.64. The first-order valence-corrected chi connectivity index (χ1v) is 12.2. The van der Waals surface area contributed by atoms with Crippen molar-refractivity contribution in [2.45, 2.75) is 49.3 Å². The van der Waals surface area contributed by atoms with Gasteiger partial charge < -0.3 is 15.1 Å². The highest BCUT2D eigenvalue weighted by Crippen LogP contribution is 2.32. The predicted molar refractivity (Wildman–Crippen MR) is 120 cm³/mol. The van der Waals surface area contributed by atoms with Crippen LogP contribution in [0, 0.1) is 0 Å². The number of sulfone groups is 1. The van der Waals surface area contributed by atoms with E-state index < -0.39 is 21.7 Å². The average molecular weight is 451 g/mol. The van der Waals surface area contributed by atoms with E-state index in [1.165, 1.54) is 12.1 Å². The summed E-state index contributed by atoms with van der Waals surface area (Å²) in [5.74, 6) is 0.467. The summed E-state index contributed by atoms with van der Waals surface area (Å²) in [4.78, 5) is 6.53. The molecule has 0 fully saturated rings. The minimum Gasteiger partial charge on any atom is -0.388 e. The fourth-order valence-corrected chi connectivity index (χ4v) is 4.25. The molecule has 162 valence electrons. The highest BCUT2D eigenvalue weighted by molar-refractivity contribution is 7.90. The SMILES string of the molecule is CCCCCC(O)C1(O)CN(c2ccc(Cl)cc2)C(c2ccc(S(C)(=O)=O)cc2)=N1. The van der Waals surface area contributed by atoms with Gasteiger partial charge in [-0.2, -0.15) is 0 Å². The Balaban J connectivity index is 1.98. The molecule has 6 nitrogen and oxygen atoms in total. The quantitative estimate of drug-likeness (QED) is 0.599. The number of benzene rings is 2. The van der Waals surface area contributed by atoms with Crippen molar-refractivity contribution < 1.29 is 18.6 Å². The van der Waals surface area contributed by atoms with E-state index in [-0.39, 0.29) is 11.4 Å². The van der Waals surface area contributed by atoms with Gasteiger partial charge in [0.15, 0.2) is 9.84 Å². The maximum Gasteiger partial charge on any atom is 0.202 e. The molecule has 30 heavy (non-hydrogen) atoms. The lowest BCUT2D eigenvalue weighted by atomic mass is 10.0. The maximum atomic E-state index is 11.8. The minimum atomic E-state index is -3.32. The van der Waals surface area contributed by atoms with Crippen LogP contribution in [0.5, 0.6) is 0 Å². The number of anilines is 1. The summed E-state index contributed by atoms with van der Waals surface area (Å²) < 4.78 is 23.5. The standard InChI is InChI=1S/C22H27ClN2O4S/c1-3-4-5-6-20(26)22(27)15-25(18-11-9-17(23)10-12-18)21(24-22)16-7-13-19(14-8-16)30(2,28)29/h7-14,20,26-27H,3-6,15H2,1-2H3. The van der Waals surface area contributed by atoms with Crippen LogP contribution in [0.3, 0.4) is 0 Å². The van der Waals surface area contributed by atoms with Crippen LogP contribution in [0.4, 0.5) is 5.69 Å². The van der Waals surface area contributed by atoms with Crippen molar-refractivity contribution in [1.29, 1.82) is 0 Å². The third kappa shape index (κ3) is 5.03. The second kappa shape index (κ2) is 9.06. The first-order valence-electron chi connectivity index (χ1n) is 9.98. The molecule has 0 aliphatic carbocycles. The Morgan fingerprint density at radius 2 is 1.77 bits per heavy atom. The number of hydrogen-bond donors (Lipinski definition) is 2. The van der Waals surface area contributed by atoms with E-state index in [9.17, 15) is 18.6 Å². The van der Waals surface area contributed by atoms with Gasteiger partial charge in [-0.15, -0.1) is 0 Å². The molecule has 1 heterocycles. The van der Waals surface area contributed by atoms with E-state index >= 15 is 0 Å². The molecule has 0 saturated heterocycles. The summed E-state index contributed by atoms with van der Waals surface area (Å²) >= 11 is 6.01. The van der Waals surface area contributed by atoms with E-state index in [4.69, 9.17) is 11.6 Å². The second-order valence-electron chi connectivity index (χ2n) is 7.68. The van der Waals surface area contributed by atoms with Crippen molar-refractivity contribution in [2.75, 3.05) is 17.7 Å². The van der Waals surface area contributed by atoms with Gasteiger partial charge in [-0.05, 0) is 55.0 Å². The number of aliphatic hydroxyl groups is 2. The molecule has 2 aromatic carbocycles. The van der Waals surface area contributed by atoms with Crippen LogP contribution in [0.2, 0.25) is 5.02 Å². The normalized spacial score (nSPS) is 20.3. The van der Waals surface area contributed by atoms with Gasteiger partial charge in [0.05, 0.1) is 11.4 Å². The number of aliphatic imine (C=N–C) groups is 1. The summed E-state index contributed by atoms with van der Waals surface area (Å²) in [6, 6.07) is 13.5. The van der Waals surface area contributed by atoms with Crippen LogP contribution in [-0.2, 0) is 9.84 Å². The summed E-state index contributed by atoms with van der Waals surface area (Å²) in [5.41, 5.74) is -0.242. The maximum absolute atomic E-state index is 11.8. The van der Waals surface area contributed by atoms with E-state index in [1.54, 1.807) is 24.3 Å². The van der Waals surface area contributed by atoms with Crippen molar-refractivity contribution >= 4 is 33.0 Å². The van der Waals surface area contributed by atoms with Crippen LogP contribution >= 0.6 is 11.6 Å². The van der Waals surface area contributed by atoms with Crippen molar-refractivity contribution in [1.82, 2.24) is 0 Å². The third-order valence-corrected chi connectivity index (χ3v) is 6.62. The number of halogens is 1. The molecule has 0 aromatic heterocycles. The van der Waals surface area contributed by atoms with Crippen LogP contribution in [0.15, 0.2) is 58.4 Å². The van der Waals surface area contributed by atoms with Gasteiger partial charge in [0.2, 0.25) is 5.72 Å². The summed E-state index contributed by atoms with van der Waals surface area (Å²) in [5, 5.41) is 22.4. The van der Waals surface area contributed by atoms with Crippen molar-refractivity contribution in [2.24, 2.45) is 4.99 Å². The Hall–Kier alpha value is -1.93. The highest BCUT2D eigenvalue weighted by atomic mass is 35.5. The second-order valence-corrected chi connectivity index (χ2v) is 10.1. The number of β-amino-alcohol motifs (C(OH)–C–C–N with tert-alkyl or cyclic N) is 1. The summed E-state index contributed by atoms with van der Waals surface area (Å²) in [6.07, 6.45) is 3.38. The molecule has 0 bridgehead atoms. The highest BCUT2D eigenvalue weighted by Gasteiger charge is 2.44. The number of aliphatic hydroxyl groups excluding tert-OH is 1. The minimum absolute atomic E-state index is 0.0884. The van der Waals surface area contributed by atoms with Crippen molar-refractivity contribution in [3.05, 3.63) is 59.1 Å². The first-order chi connectivity index (χ1) is 14.1. The van der Waals surface area contributed by atoms with Crippen molar-refractivity contribution in [3.8, 4) is 0 Å². The zero-order chi connectivity index (χ0) is 21.9. The van der Waals surface area contributed by atoms with Crippen LogP contribution in [-0.4, -0.2) is 49.1 Å². The van der Waals surface area contributed by atoms with Crippen LogP contribution in [0.25, 0.3) is 0 Å². The Morgan fingerprint density at radius 1 is 1.13 bits per heavy atom. The van der Waals surface area contributed by atoms with Gasteiger partial charge in [-0.3, -0.25) is 0 Å². The molecular weight excluding hydrogens is 424 g/mol. The summed E-state index contributed by atoms with van der Waals surface area (Å²) in [7, 11) is -3.32. The van der Waals surface area contributed by atoms with Gasteiger partial charge in [0.1, 0.15) is 11.9 Å². The lowest BCUT2D eigenvalue weighted by molar-refractivity contribution is -0.0604. The Morgan fingerprint density at radius 3 is 2.33 bits per heavy atom. The molecule has 0 spiro atoms. The molecule has 2 unspecified atom stereocenters. The number of hydrogen-bond acceptors (Lipinski definition) is 6. The molecule has 1 aliphatic heterocycles. The fourth-order valence-electron chi connectivity index (χ4n) is 3.49. The molecule has 2 aromatic rings. The zero-order valence-corrected chi connectivity index (χ0v) is 18.7. The van der Waals surface area contributed by atoms with E-state index in [2.05, 4.69) is 11.9 Å². The number of amidine groups is 1. The first kappa shape index (κ1) is 22.7. The number of nitrogens with zero attached hydrogens (tertiary/aromatic N) is 2. The molecule has 3 rings (SSSR count). The molecule has 2 atom stereocenters. The van der Waals surface area contributed by atoms with Crippen molar-refractivity contribution in [3.63, 3.8) is 0 Å². The van der Waals surface area contributed by atoms with Crippen LogP contribution < -0.4 is 4.90 Å². The molecule has 0 amide bonds. The van der Waals surface area contributed by atoms with Gasteiger partial charge in [0.25, 0.3) is 0 Å².